The summed E-state index contributed by atoms with van der Waals surface area (Å²) < 4.78 is 28.5. The molecule has 4 rings (SSSR count). The zero-order chi connectivity index (χ0) is 30.7. The molecule has 1 saturated carbocycles. The highest BCUT2D eigenvalue weighted by molar-refractivity contribution is 5.94. The van der Waals surface area contributed by atoms with Crippen molar-refractivity contribution in [3.05, 3.63) is 59.7 Å². The number of hydrogen-bond acceptors (Lipinski definition) is 7. The first-order chi connectivity index (χ1) is 20.8. The first-order valence-corrected chi connectivity index (χ1v) is 16.2. The van der Waals surface area contributed by atoms with Gasteiger partial charge >= 0.3 is 11.9 Å². The average molecular weight is 595 g/mol. The molecule has 43 heavy (non-hydrogen) atoms. The molecule has 0 spiro atoms. The molecule has 1 saturated heterocycles. The quantitative estimate of drug-likeness (QED) is 0.111. The van der Waals surface area contributed by atoms with E-state index in [2.05, 4.69) is 27.7 Å². The highest BCUT2D eigenvalue weighted by atomic mass is 16.5. The van der Waals surface area contributed by atoms with Crippen molar-refractivity contribution in [1.29, 1.82) is 0 Å². The van der Waals surface area contributed by atoms with Crippen LogP contribution in [0.3, 0.4) is 0 Å². The Labute approximate surface area is 257 Å². The molecule has 2 aromatic carbocycles. The van der Waals surface area contributed by atoms with Gasteiger partial charge in [0.1, 0.15) is 17.6 Å². The minimum atomic E-state index is -0.482. The summed E-state index contributed by atoms with van der Waals surface area (Å²) in [6, 6.07) is 13.5. The molecular formula is C36H50O7. The monoisotopic (exact) mass is 594 g/mol. The molecule has 1 heterocycles. The van der Waals surface area contributed by atoms with Gasteiger partial charge in [0.2, 0.25) is 0 Å². The number of unbranched alkanes of at least 4 members (excludes halogenated alkanes) is 3. The summed E-state index contributed by atoms with van der Waals surface area (Å²) in [7, 11) is 0. The summed E-state index contributed by atoms with van der Waals surface area (Å²) in [4.78, 5) is 25.5. The summed E-state index contributed by atoms with van der Waals surface area (Å²) in [5, 5.41) is 0. The number of esters is 2. The molecule has 0 aromatic heterocycles. The Morgan fingerprint density at radius 1 is 0.860 bits per heavy atom. The van der Waals surface area contributed by atoms with Gasteiger partial charge in [-0.1, -0.05) is 40.5 Å². The van der Waals surface area contributed by atoms with Gasteiger partial charge in [-0.05, 0) is 105 Å². The van der Waals surface area contributed by atoms with Crippen LogP contribution in [0.1, 0.15) is 99.8 Å². The molecule has 0 amide bonds. The van der Waals surface area contributed by atoms with Crippen LogP contribution < -0.4 is 9.47 Å². The fourth-order valence-electron chi connectivity index (χ4n) is 5.89. The van der Waals surface area contributed by atoms with E-state index in [1.807, 2.05) is 0 Å². The normalized spacial score (nSPS) is 21.2. The molecule has 3 unspecified atom stereocenters. The van der Waals surface area contributed by atoms with Crippen LogP contribution in [0.15, 0.2) is 48.5 Å². The van der Waals surface area contributed by atoms with Crippen LogP contribution in [0.4, 0.5) is 0 Å². The maximum atomic E-state index is 12.8. The number of hydrogen-bond donors (Lipinski definition) is 0. The van der Waals surface area contributed by atoms with Crippen LogP contribution in [-0.2, 0) is 14.2 Å². The molecule has 2 fully saturated rings. The molecule has 0 bridgehead atoms. The number of rotatable bonds is 16. The zero-order valence-electron chi connectivity index (χ0n) is 26.5. The Kier molecular flexibility index (Phi) is 12.5. The van der Waals surface area contributed by atoms with Crippen LogP contribution in [0.2, 0.25) is 0 Å². The molecule has 7 nitrogen and oxygen atoms in total. The maximum Gasteiger partial charge on any atom is 0.343 e. The summed E-state index contributed by atoms with van der Waals surface area (Å²) in [6.45, 7) is 12.7. The van der Waals surface area contributed by atoms with Crippen molar-refractivity contribution in [2.24, 2.45) is 23.2 Å². The Balaban J connectivity index is 1.12. The molecule has 1 aliphatic carbocycles. The second kappa shape index (κ2) is 16.2. The molecule has 1 aliphatic heterocycles. The van der Waals surface area contributed by atoms with Gasteiger partial charge in [0, 0.05) is 12.0 Å². The Bertz CT molecular complexity index is 1130. The highest BCUT2D eigenvalue weighted by Gasteiger charge is 2.37. The Hall–Kier alpha value is -2.90. The summed E-state index contributed by atoms with van der Waals surface area (Å²) in [6.07, 6.45) is 8.46. The first kappa shape index (κ1) is 33.0. The lowest BCUT2D eigenvalue weighted by Gasteiger charge is -2.40. The van der Waals surface area contributed by atoms with Gasteiger partial charge in [-0.2, -0.15) is 0 Å². The second-order valence-electron chi connectivity index (χ2n) is 12.9. The lowest BCUT2D eigenvalue weighted by Crippen LogP contribution is -2.45. The van der Waals surface area contributed by atoms with Crippen molar-refractivity contribution in [2.45, 2.75) is 85.2 Å². The predicted octanol–water partition coefficient (Wildman–Crippen LogP) is 7.91. The zero-order valence-corrected chi connectivity index (χ0v) is 26.5. The van der Waals surface area contributed by atoms with Gasteiger partial charge in [0.15, 0.2) is 0 Å². The van der Waals surface area contributed by atoms with Gasteiger partial charge in [-0.15, -0.1) is 0 Å². The lowest BCUT2D eigenvalue weighted by molar-refractivity contribution is -0.150. The number of benzene rings is 2. The van der Waals surface area contributed by atoms with E-state index in [1.165, 1.54) is 6.42 Å². The molecule has 0 radical (unpaired) electrons. The molecule has 0 N–H and O–H groups in total. The van der Waals surface area contributed by atoms with Crippen molar-refractivity contribution in [1.82, 2.24) is 0 Å². The topological polar surface area (TPSA) is 80.3 Å². The fourth-order valence-corrected chi connectivity index (χ4v) is 5.89. The molecular weight excluding hydrogens is 544 g/mol. The molecule has 7 heteroatoms. The van der Waals surface area contributed by atoms with Crippen LogP contribution in [0.25, 0.3) is 0 Å². The van der Waals surface area contributed by atoms with Crippen molar-refractivity contribution >= 4 is 11.9 Å². The van der Waals surface area contributed by atoms with E-state index in [4.69, 9.17) is 23.7 Å². The Morgan fingerprint density at radius 2 is 1.49 bits per heavy atom. The van der Waals surface area contributed by atoms with Gasteiger partial charge in [0.05, 0.1) is 37.6 Å². The van der Waals surface area contributed by atoms with Crippen molar-refractivity contribution in [3.8, 4) is 11.5 Å². The number of carbonyl (C=O) groups excluding carboxylic acids is 2. The summed E-state index contributed by atoms with van der Waals surface area (Å²) in [5.41, 5.74) is 1.07. The van der Waals surface area contributed by atoms with Crippen LogP contribution >= 0.6 is 0 Å². The average Bonchev–Trinajstić information content (AvgIpc) is 2.98. The maximum absolute atomic E-state index is 12.8. The van der Waals surface area contributed by atoms with Crippen molar-refractivity contribution in [2.75, 3.05) is 33.0 Å². The van der Waals surface area contributed by atoms with Gasteiger partial charge in [0.25, 0.3) is 0 Å². The molecule has 3 atom stereocenters. The van der Waals surface area contributed by atoms with E-state index in [1.54, 1.807) is 48.5 Å². The predicted molar refractivity (Wildman–Crippen MR) is 167 cm³/mol. The van der Waals surface area contributed by atoms with Crippen LogP contribution in [0.5, 0.6) is 11.5 Å². The number of carbonyl (C=O) groups is 2. The molecule has 2 aliphatic rings. The van der Waals surface area contributed by atoms with Gasteiger partial charge in [-0.25, -0.2) is 9.59 Å². The van der Waals surface area contributed by atoms with E-state index in [0.29, 0.717) is 41.2 Å². The van der Waals surface area contributed by atoms with Crippen molar-refractivity contribution < 1.29 is 33.3 Å². The highest BCUT2D eigenvalue weighted by Crippen LogP contribution is 2.36. The SMILES string of the molecule is CCC1(COCCCCCCOc2ccc(OC(=O)c3ccc(C(=O)OC4CC(C)CCC4C(C)C)cc3)cc2)COC1. The van der Waals surface area contributed by atoms with Gasteiger partial charge < -0.3 is 23.7 Å². The third kappa shape index (κ3) is 9.80. The smallest absolute Gasteiger partial charge is 0.343 e. The van der Waals surface area contributed by atoms with E-state index >= 15 is 0 Å². The van der Waals surface area contributed by atoms with Crippen molar-refractivity contribution in [3.63, 3.8) is 0 Å². The third-order valence-corrected chi connectivity index (χ3v) is 9.04. The Morgan fingerprint density at radius 3 is 2.09 bits per heavy atom. The molecule has 2 aromatic rings. The summed E-state index contributed by atoms with van der Waals surface area (Å²) in [5.74, 6) is 1.76. The van der Waals surface area contributed by atoms with E-state index < -0.39 is 5.97 Å². The largest absolute Gasteiger partial charge is 0.494 e. The minimum Gasteiger partial charge on any atom is -0.494 e. The van der Waals surface area contributed by atoms with Crippen LogP contribution in [0, 0.1) is 23.2 Å². The standard InChI is InChI=1S/C36H50O7/c1-5-36(24-40-25-36)23-39-20-8-6-7-9-21-41-30-15-17-31(18-16-30)42-34(37)28-11-13-29(14-12-28)35(38)43-33-22-27(4)10-19-32(33)26(2)3/h11-18,26-27,32-33H,5-10,19-25H2,1-4H3. The number of ether oxygens (including phenoxy) is 5. The fraction of sp³-hybridized carbons (Fsp3) is 0.611. The third-order valence-electron chi connectivity index (χ3n) is 9.04. The van der Waals surface area contributed by atoms with E-state index in [-0.39, 0.29) is 17.5 Å². The van der Waals surface area contributed by atoms with E-state index in [9.17, 15) is 9.59 Å². The second-order valence-corrected chi connectivity index (χ2v) is 12.9. The van der Waals surface area contributed by atoms with Gasteiger partial charge in [-0.3, -0.25) is 0 Å². The lowest BCUT2D eigenvalue weighted by atomic mass is 9.75. The summed E-state index contributed by atoms with van der Waals surface area (Å²) >= 11 is 0. The minimum absolute atomic E-state index is 0.0656. The molecule has 236 valence electrons. The van der Waals surface area contributed by atoms with E-state index in [0.717, 1.165) is 77.1 Å². The first-order valence-electron chi connectivity index (χ1n) is 16.2. The van der Waals surface area contributed by atoms with Crippen LogP contribution in [-0.4, -0.2) is 51.1 Å².